The van der Waals surface area contributed by atoms with E-state index in [9.17, 15) is 0 Å². The minimum Gasteiger partial charge on any atom is -0.382 e. The van der Waals surface area contributed by atoms with Gasteiger partial charge in [-0.1, -0.05) is 6.42 Å². The topological polar surface area (TPSA) is 93.5 Å². The van der Waals surface area contributed by atoms with Crippen molar-refractivity contribution in [1.29, 1.82) is 5.41 Å². The van der Waals surface area contributed by atoms with Crippen molar-refractivity contribution in [3.05, 3.63) is 29.8 Å². The molecule has 3 heterocycles. The van der Waals surface area contributed by atoms with Crippen molar-refractivity contribution >= 4 is 17.6 Å². The lowest BCUT2D eigenvalue weighted by Gasteiger charge is -2.08. The van der Waals surface area contributed by atoms with Crippen LogP contribution in [0.2, 0.25) is 0 Å². The number of hydrogen-bond acceptors (Lipinski definition) is 5. The first-order valence-electron chi connectivity index (χ1n) is 6.65. The van der Waals surface area contributed by atoms with Crippen molar-refractivity contribution in [3.8, 4) is 0 Å². The number of nitrogens with one attached hydrogen (secondary N) is 1. The lowest BCUT2D eigenvalue weighted by molar-refractivity contribution is 0.591. The monoisotopic (exact) mass is 288 g/mol. The molecule has 1 aliphatic heterocycles. The Morgan fingerprint density at radius 1 is 1.30 bits per heavy atom. The van der Waals surface area contributed by atoms with Gasteiger partial charge in [-0.15, -0.1) is 10.2 Å². The van der Waals surface area contributed by atoms with Gasteiger partial charge in [0.15, 0.2) is 5.16 Å². The Hall–Kier alpha value is -1.89. The summed E-state index contributed by atoms with van der Waals surface area (Å²) in [6, 6.07) is 3.75. The molecule has 0 saturated heterocycles. The lowest BCUT2D eigenvalue weighted by Crippen LogP contribution is -2.14. The first-order valence-corrected chi connectivity index (χ1v) is 7.46. The molecule has 0 saturated carbocycles. The predicted octanol–water partition coefficient (Wildman–Crippen LogP) is 1.83. The Balaban J connectivity index is 1.92. The molecule has 0 atom stereocenters. The zero-order valence-electron chi connectivity index (χ0n) is 11.0. The second kappa shape index (κ2) is 5.62. The number of nitrogens with two attached hydrogens (primary N) is 1. The van der Waals surface area contributed by atoms with Crippen LogP contribution in [0.5, 0.6) is 0 Å². The number of rotatable bonds is 3. The number of fused-ring (bicyclic) bond motifs is 1. The number of nitrogen functional groups attached to an aromatic ring is 1. The van der Waals surface area contributed by atoms with E-state index in [0.717, 1.165) is 35.3 Å². The van der Waals surface area contributed by atoms with E-state index in [0.29, 0.717) is 5.69 Å². The molecule has 0 unspecified atom stereocenters. The quantitative estimate of drug-likeness (QED) is 0.664. The molecule has 2 aromatic rings. The molecule has 1 aliphatic rings. The summed E-state index contributed by atoms with van der Waals surface area (Å²) in [5, 5.41) is 17.0. The van der Waals surface area contributed by atoms with Gasteiger partial charge in [0.1, 0.15) is 17.4 Å². The van der Waals surface area contributed by atoms with Crippen LogP contribution in [0.4, 0.5) is 0 Å². The zero-order chi connectivity index (χ0) is 13.9. The van der Waals surface area contributed by atoms with Crippen LogP contribution in [0.15, 0.2) is 28.4 Å². The van der Waals surface area contributed by atoms with Gasteiger partial charge < -0.3 is 10.3 Å². The van der Waals surface area contributed by atoms with Gasteiger partial charge in [0.2, 0.25) is 0 Å². The molecular weight excluding hydrogens is 272 g/mol. The molecular formula is C13H16N6S. The van der Waals surface area contributed by atoms with Crippen LogP contribution in [0.3, 0.4) is 0 Å². The average Bonchev–Trinajstić information content (AvgIpc) is 2.68. The zero-order valence-corrected chi connectivity index (χ0v) is 11.9. The third-order valence-corrected chi connectivity index (χ3v) is 4.34. The van der Waals surface area contributed by atoms with Crippen molar-refractivity contribution in [2.24, 2.45) is 5.73 Å². The summed E-state index contributed by atoms with van der Waals surface area (Å²) in [7, 11) is 0. The van der Waals surface area contributed by atoms with Crippen molar-refractivity contribution in [3.63, 3.8) is 0 Å². The van der Waals surface area contributed by atoms with Crippen molar-refractivity contribution in [2.75, 3.05) is 0 Å². The largest absolute Gasteiger partial charge is 0.382 e. The number of nitrogens with zero attached hydrogens (tertiary/aromatic N) is 4. The highest BCUT2D eigenvalue weighted by Crippen LogP contribution is 2.30. The second-order valence-electron chi connectivity index (χ2n) is 4.73. The Morgan fingerprint density at radius 2 is 2.20 bits per heavy atom. The first-order chi connectivity index (χ1) is 9.75. The van der Waals surface area contributed by atoms with E-state index in [-0.39, 0.29) is 5.84 Å². The number of amidine groups is 1. The lowest BCUT2D eigenvalue weighted by atomic mass is 10.2. The Labute approximate surface area is 121 Å². The normalized spacial score (nSPS) is 14.6. The third kappa shape index (κ3) is 2.53. The van der Waals surface area contributed by atoms with Crippen LogP contribution in [0.25, 0.3) is 0 Å². The van der Waals surface area contributed by atoms with Crippen LogP contribution >= 0.6 is 11.8 Å². The summed E-state index contributed by atoms with van der Waals surface area (Å²) in [6.45, 7) is 0.959. The van der Waals surface area contributed by atoms with Gasteiger partial charge in [0, 0.05) is 24.1 Å². The van der Waals surface area contributed by atoms with Gasteiger partial charge in [-0.25, -0.2) is 0 Å². The van der Waals surface area contributed by atoms with Gasteiger partial charge in [-0.3, -0.25) is 10.4 Å². The fourth-order valence-corrected chi connectivity index (χ4v) is 3.30. The molecule has 3 rings (SSSR count). The maximum Gasteiger partial charge on any atom is 0.196 e. The van der Waals surface area contributed by atoms with Crippen LogP contribution < -0.4 is 5.73 Å². The van der Waals surface area contributed by atoms with Crippen LogP contribution in [-0.4, -0.2) is 25.6 Å². The van der Waals surface area contributed by atoms with Crippen molar-refractivity contribution in [2.45, 2.75) is 42.3 Å². The molecule has 20 heavy (non-hydrogen) atoms. The summed E-state index contributed by atoms with van der Waals surface area (Å²) in [6.07, 6.45) is 6.20. The minimum atomic E-state index is -0.0243. The molecule has 0 amide bonds. The van der Waals surface area contributed by atoms with Gasteiger partial charge in [0.25, 0.3) is 0 Å². The molecule has 7 heteroatoms. The maximum absolute atomic E-state index is 7.59. The summed E-state index contributed by atoms with van der Waals surface area (Å²) in [5.41, 5.74) is 6.07. The van der Waals surface area contributed by atoms with Gasteiger partial charge in [0.05, 0.1) is 0 Å². The molecule has 0 radical (unpaired) electrons. The van der Waals surface area contributed by atoms with Gasteiger partial charge in [-0.05, 0) is 36.7 Å². The summed E-state index contributed by atoms with van der Waals surface area (Å²) in [5.74, 6) is 1.03. The van der Waals surface area contributed by atoms with Crippen molar-refractivity contribution < 1.29 is 0 Å². The van der Waals surface area contributed by atoms with E-state index in [1.54, 1.807) is 6.20 Å². The molecule has 0 spiro atoms. The van der Waals surface area contributed by atoms with E-state index < -0.39 is 0 Å². The van der Waals surface area contributed by atoms with Crippen LogP contribution in [0.1, 0.15) is 30.8 Å². The standard InChI is InChI=1S/C13H16N6S/c14-12(15)11-9(5-4-7-16-11)20-13-18-17-10-6-2-1-3-8-19(10)13/h4-5,7H,1-3,6,8H2,(H3,14,15). The second-order valence-corrected chi connectivity index (χ2v) is 5.74. The van der Waals surface area contributed by atoms with Crippen LogP contribution in [-0.2, 0) is 13.0 Å². The molecule has 6 nitrogen and oxygen atoms in total. The van der Waals surface area contributed by atoms with Gasteiger partial charge in [-0.2, -0.15) is 0 Å². The molecule has 104 valence electrons. The van der Waals surface area contributed by atoms with Gasteiger partial charge >= 0.3 is 0 Å². The highest BCUT2D eigenvalue weighted by Gasteiger charge is 2.17. The summed E-state index contributed by atoms with van der Waals surface area (Å²) >= 11 is 1.48. The molecule has 0 bridgehead atoms. The van der Waals surface area contributed by atoms with E-state index in [1.165, 1.54) is 24.6 Å². The SMILES string of the molecule is N=C(N)c1ncccc1Sc1nnc2n1CCCCC2. The average molecular weight is 288 g/mol. The van der Waals surface area contributed by atoms with E-state index in [4.69, 9.17) is 11.1 Å². The fraction of sp³-hybridized carbons (Fsp3) is 0.385. The highest BCUT2D eigenvalue weighted by atomic mass is 32.2. The third-order valence-electron chi connectivity index (χ3n) is 3.30. The fourth-order valence-electron chi connectivity index (χ4n) is 2.31. The minimum absolute atomic E-state index is 0.0243. The molecule has 0 aliphatic carbocycles. The number of aromatic nitrogens is 4. The van der Waals surface area contributed by atoms with Crippen molar-refractivity contribution in [1.82, 2.24) is 19.7 Å². The molecule has 0 fully saturated rings. The first kappa shape index (κ1) is 13.1. The van der Waals surface area contributed by atoms with E-state index in [2.05, 4.69) is 19.7 Å². The van der Waals surface area contributed by atoms with Crippen LogP contribution in [0, 0.1) is 5.41 Å². The number of aryl methyl sites for hydroxylation is 1. The summed E-state index contributed by atoms with van der Waals surface area (Å²) in [4.78, 5) is 5.01. The van der Waals surface area contributed by atoms with E-state index >= 15 is 0 Å². The molecule has 3 N–H and O–H groups in total. The summed E-state index contributed by atoms with van der Waals surface area (Å²) < 4.78 is 2.18. The molecule has 0 aromatic carbocycles. The van der Waals surface area contributed by atoms with E-state index in [1.807, 2.05) is 12.1 Å². The highest BCUT2D eigenvalue weighted by molar-refractivity contribution is 7.99. The Kier molecular flexibility index (Phi) is 3.68. The Morgan fingerprint density at radius 3 is 3.05 bits per heavy atom. The maximum atomic E-state index is 7.59. The Bertz CT molecular complexity index is 636. The number of hydrogen-bond donors (Lipinski definition) is 2. The smallest absolute Gasteiger partial charge is 0.196 e. The number of pyridine rings is 1. The molecule has 2 aromatic heterocycles. The predicted molar refractivity (Wildman–Crippen MR) is 77.0 cm³/mol.